The summed E-state index contributed by atoms with van der Waals surface area (Å²) in [6.45, 7) is 6.82. The van der Waals surface area contributed by atoms with Gasteiger partial charge >= 0.3 is 0 Å². The molecule has 0 unspecified atom stereocenters. The third-order valence-electron chi connectivity index (χ3n) is 2.35. The third kappa shape index (κ3) is 1.29. The quantitative estimate of drug-likeness (QED) is 0.599. The summed E-state index contributed by atoms with van der Waals surface area (Å²) in [4.78, 5) is 3.28. The first-order valence-electron chi connectivity index (χ1n) is 4.27. The Hall–Kier alpha value is -1.69. The minimum Gasteiger partial charge on any atom is -0.242 e. The van der Waals surface area contributed by atoms with Gasteiger partial charge in [0.2, 0.25) is 0 Å². The lowest BCUT2D eigenvalue weighted by atomic mass is 9.88. The highest BCUT2D eigenvalue weighted by Gasteiger charge is 2.21. The molecule has 0 spiro atoms. The SMILES string of the molecule is [C-]#[N+]C1=C(c2ccc(F)cc2F)CC1. The summed E-state index contributed by atoms with van der Waals surface area (Å²) in [6.07, 6.45) is 1.41. The molecule has 0 bridgehead atoms. The highest BCUT2D eigenvalue weighted by Crippen LogP contribution is 2.37. The summed E-state index contributed by atoms with van der Waals surface area (Å²) < 4.78 is 25.8. The standard InChI is InChI=1S/C11H7F2N/c1-14-11-5-4-9(11)8-3-2-7(12)6-10(8)13/h2-3,6H,4-5H2. The van der Waals surface area contributed by atoms with E-state index in [1.807, 2.05) is 0 Å². The van der Waals surface area contributed by atoms with Crippen molar-refractivity contribution in [3.8, 4) is 0 Å². The van der Waals surface area contributed by atoms with Gasteiger partial charge in [0.25, 0.3) is 0 Å². The summed E-state index contributed by atoms with van der Waals surface area (Å²) in [5.41, 5.74) is 1.68. The average molecular weight is 191 g/mol. The highest BCUT2D eigenvalue weighted by atomic mass is 19.1. The minimum atomic E-state index is -0.587. The van der Waals surface area contributed by atoms with Crippen LogP contribution in [0.3, 0.4) is 0 Å². The van der Waals surface area contributed by atoms with Gasteiger partial charge < -0.3 is 0 Å². The molecule has 0 atom stereocenters. The summed E-state index contributed by atoms with van der Waals surface area (Å²) in [7, 11) is 0. The number of allylic oxidation sites excluding steroid dienone is 2. The fourth-order valence-electron chi connectivity index (χ4n) is 1.51. The molecule has 0 aliphatic heterocycles. The molecule has 70 valence electrons. The normalized spacial score (nSPS) is 14.9. The van der Waals surface area contributed by atoms with E-state index in [4.69, 9.17) is 6.57 Å². The largest absolute Gasteiger partial charge is 0.242 e. The van der Waals surface area contributed by atoms with Crippen molar-refractivity contribution >= 4 is 5.57 Å². The van der Waals surface area contributed by atoms with Crippen molar-refractivity contribution in [1.29, 1.82) is 0 Å². The van der Waals surface area contributed by atoms with Crippen molar-refractivity contribution in [1.82, 2.24) is 0 Å². The lowest BCUT2D eigenvalue weighted by Gasteiger charge is -2.19. The number of rotatable bonds is 1. The molecule has 0 saturated heterocycles. The molecule has 1 aromatic rings. The van der Waals surface area contributed by atoms with E-state index in [0.29, 0.717) is 24.1 Å². The average Bonchev–Trinajstić information content (AvgIpc) is 2.08. The Morgan fingerprint density at radius 3 is 2.50 bits per heavy atom. The number of hydrogen-bond acceptors (Lipinski definition) is 0. The van der Waals surface area contributed by atoms with E-state index in [-0.39, 0.29) is 0 Å². The van der Waals surface area contributed by atoms with Crippen LogP contribution in [0.4, 0.5) is 8.78 Å². The lowest BCUT2D eigenvalue weighted by Crippen LogP contribution is -2.02. The van der Waals surface area contributed by atoms with Gasteiger partial charge in [0.05, 0.1) is 6.57 Å². The Kier molecular flexibility index (Phi) is 2.05. The smallest absolute Gasteiger partial charge is 0.169 e. The van der Waals surface area contributed by atoms with Crippen LogP contribution in [-0.2, 0) is 0 Å². The lowest BCUT2D eigenvalue weighted by molar-refractivity contribution is 0.579. The summed E-state index contributed by atoms with van der Waals surface area (Å²) in [6, 6.07) is 3.46. The van der Waals surface area contributed by atoms with Crippen LogP contribution in [0.5, 0.6) is 0 Å². The van der Waals surface area contributed by atoms with Gasteiger partial charge in [0.15, 0.2) is 5.70 Å². The molecule has 0 aromatic heterocycles. The molecular weight excluding hydrogens is 184 g/mol. The molecule has 0 saturated carbocycles. The van der Waals surface area contributed by atoms with Crippen molar-refractivity contribution in [2.24, 2.45) is 0 Å². The first kappa shape index (κ1) is 8.89. The van der Waals surface area contributed by atoms with Gasteiger partial charge in [0, 0.05) is 11.6 Å². The molecule has 0 heterocycles. The second-order valence-corrected chi connectivity index (χ2v) is 3.16. The highest BCUT2D eigenvalue weighted by molar-refractivity contribution is 5.75. The zero-order valence-electron chi connectivity index (χ0n) is 7.35. The zero-order valence-corrected chi connectivity index (χ0v) is 7.35. The molecule has 0 amide bonds. The van der Waals surface area contributed by atoms with E-state index < -0.39 is 11.6 Å². The Morgan fingerprint density at radius 1 is 1.21 bits per heavy atom. The van der Waals surface area contributed by atoms with E-state index in [0.717, 1.165) is 11.6 Å². The Bertz CT molecular complexity index is 455. The molecule has 1 aliphatic carbocycles. The van der Waals surface area contributed by atoms with Gasteiger partial charge in [-0.3, -0.25) is 0 Å². The number of halogens is 2. The molecule has 0 N–H and O–H groups in total. The number of nitrogens with zero attached hydrogens (tertiary/aromatic N) is 1. The van der Waals surface area contributed by atoms with Crippen LogP contribution in [0.25, 0.3) is 10.4 Å². The second kappa shape index (κ2) is 3.22. The molecule has 3 heteroatoms. The van der Waals surface area contributed by atoms with Crippen LogP contribution in [-0.4, -0.2) is 0 Å². The first-order valence-corrected chi connectivity index (χ1v) is 4.27. The Balaban J connectivity index is 2.49. The Morgan fingerprint density at radius 2 is 2.00 bits per heavy atom. The maximum atomic E-state index is 13.3. The van der Waals surface area contributed by atoms with Crippen LogP contribution >= 0.6 is 0 Å². The van der Waals surface area contributed by atoms with Crippen LogP contribution in [0.2, 0.25) is 0 Å². The summed E-state index contributed by atoms with van der Waals surface area (Å²) in [5, 5.41) is 0. The minimum absolute atomic E-state index is 0.364. The van der Waals surface area contributed by atoms with Crippen molar-refractivity contribution < 1.29 is 8.78 Å². The summed E-state index contributed by atoms with van der Waals surface area (Å²) in [5.74, 6) is -1.17. The van der Waals surface area contributed by atoms with Gasteiger partial charge in [-0.25, -0.2) is 13.6 Å². The van der Waals surface area contributed by atoms with Gasteiger partial charge in [-0.05, 0) is 24.5 Å². The maximum Gasteiger partial charge on any atom is 0.169 e. The molecule has 2 rings (SSSR count). The van der Waals surface area contributed by atoms with E-state index in [2.05, 4.69) is 4.85 Å². The van der Waals surface area contributed by atoms with E-state index in [9.17, 15) is 8.78 Å². The van der Waals surface area contributed by atoms with E-state index >= 15 is 0 Å². The number of hydrogen-bond donors (Lipinski definition) is 0. The van der Waals surface area contributed by atoms with Gasteiger partial charge in [-0.1, -0.05) is 6.07 Å². The molecule has 0 fully saturated rings. The predicted molar refractivity (Wildman–Crippen MR) is 49.1 cm³/mol. The van der Waals surface area contributed by atoms with E-state index in [1.165, 1.54) is 12.1 Å². The van der Waals surface area contributed by atoms with Crippen molar-refractivity contribution in [2.45, 2.75) is 12.8 Å². The van der Waals surface area contributed by atoms with Crippen LogP contribution in [0.15, 0.2) is 23.9 Å². The molecule has 1 aromatic carbocycles. The third-order valence-corrected chi connectivity index (χ3v) is 2.35. The molecular formula is C11H7F2N. The number of benzene rings is 1. The van der Waals surface area contributed by atoms with Crippen LogP contribution in [0, 0.1) is 18.2 Å². The van der Waals surface area contributed by atoms with Gasteiger partial charge in [-0.2, -0.15) is 0 Å². The van der Waals surface area contributed by atoms with Crippen molar-refractivity contribution in [3.05, 3.63) is 52.5 Å². The van der Waals surface area contributed by atoms with Crippen molar-refractivity contribution in [2.75, 3.05) is 0 Å². The molecule has 1 aliphatic rings. The second-order valence-electron chi connectivity index (χ2n) is 3.16. The van der Waals surface area contributed by atoms with Crippen molar-refractivity contribution in [3.63, 3.8) is 0 Å². The van der Waals surface area contributed by atoms with Gasteiger partial charge in [-0.15, -0.1) is 0 Å². The van der Waals surface area contributed by atoms with Crippen LogP contribution in [0.1, 0.15) is 18.4 Å². The van der Waals surface area contributed by atoms with E-state index in [1.54, 1.807) is 0 Å². The maximum absolute atomic E-state index is 13.3. The summed E-state index contributed by atoms with van der Waals surface area (Å²) >= 11 is 0. The first-order chi connectivity index (χ1) is 6.72. The Labute approximate surface area is 80.5 Å². The molecule has 1 nitrogen and oxygen atoms in total. The van der Waals surface area contributed by atoms with Gasteiger partial charge in [0.1, 0.15) is 11.6 Å². The molecule has 0 radical (unpaired) electrons. The molecule has 14 heavy (non-hydrogen) atoms. The fraction of sp³-hybridized carbons (Fsp3) is 0.182. The topological polar surface area (TPSA) is 4.36 Å². The fourth-order valence-corrected chi connectivity index (χ4v) is 1.51. The monoisotopic (exact) mass is 191 g/mol. The zero-order chi connectivity index (χ0) is 10.1. The predicted octanol–water partition coefficient (Wildman–Crippen LogP) is 3.39. The van der Waals surface area contributed by atoms with Crippen LogP contribution < -0.4 is 0 Å².